The predicted octanol–water partition coefficient (Wildman–Crippen LogP) is 1.01. The van der Waals surface area contributed by atoms with Crippen LogP contribution >= 0.6 is 0 Å². The number of rotatable bonds is 4. The summed E-state index contributed by atoms with van der Waals surface area (Å²) in [5, 5.41) is 3.91. The molecule has 2 heterocycles. The Morgan fingerprint density at radius 2 is 2.14 bits per heavy atom. The minimum absolute atomic E-state index is 0.120. The summed E-state index contributed by atoms with van der Waals surface area (Å²) in [6.45, 7) is 9.58. The molecule has 7 heteroatoms. The lowest BCUT2D eigenvalue weighted by molar-refractivity contribution is -0.140. The normalized spacial score (nSPS) is 21.5. The number of aryl methyl sites for hydroxylation is 1. The van der Waals surface area contributed by atoms with Crippen LogP contribution in [0.1, 0.15) is 38.6 Å². The zero-order chi connectivity index (χ0) is 15.6. The van der Waals surface area contributed by atoms with Crippen molar-refractivity contribution in [1.82, 2.24) is 19.9 Å². The van der Waals surface area contributed by atoms with Crippen molar-refractivity contribution in [3.8, 4) is 0 Å². The molecule has 21 heavy (non-hydrogen) atoms. The second-order valence-electron chi connectivity index (χ2n) is 5.74. The monoisotopic (exact) mass is 296 g/mol. The topological polar surface area (TPSA) is 71.7 Å². The lowest BCUT2D eigenvalue weighted by Gasteiger charge is -2.37. The van der Waals surface area contributed by atoms with Crippen LogP contribution in [-0.2, 0) is 9.53 Å². The van der Waals surface area contributed by atoms with Crippen molar-refractivity contribution >= 4 is 5.91 Å². The average molecular weight is 296 g/mol. The maximum Gasteiger partial charge on any atom is 0.239 e. The van der Waals surface area contributed by atoms with E-state index in [1.54, 1.807) is 11.8 Å². The smallest absolute Gasteiger partial charge is 0.239 e. The molecule has 2 atom stereocenters. The van der Waals surface area contributed by atoms with E-state index in [4.69, 9.17) is 9.26 Å². The zero-order valence-electron chi connectivity index (χ0n) is 13.4. The number of carbonyl (C=O) groups excluding carboxylic acids is 1. The van der Waals surface area contributed by atoms with Gasteiger partial charge in [-0.3, -0.25) is 9.69 Å². The van der Waals surface area contributed by atoms with Crippen molar-refractivity contribution in [2.24, 2.45) is 0 Å². The predicted molar refractivity (Wildman–Crippen MR) is 76.7 cm³/mol. The van der Waals surface area contributed by atoms with E-state index in [9.17, 15) is 4.79 Å². The maximum atomic E-state index is 12.4. The molecule has 0 N–H and O–H groups in total. The van der Waals surface area contributed by atoms with E-state index in [1.165, 1.54) is 0 Å². The van der Waals surface area contributed by atoms with E-state index in [-0.39, 0.29) is 24.1 Å². The van der Waals surface area contributed by atoms with Crippen LogP contribution in [-0.4, -0.2) is 64.7 Å². The molecule has 0 bridgehead atoms. The maximum absolute atomic E-state index is 12.4. The number of hydrogen-bond acceptors (Lipinski definition) is 6. The molecule has 1 aliphatic heterocycles. The van der Waals surface area contributed by atoms with Gasteiger partial charge in [0.25, 0.3) is 0 Å². The molecule has 7 nitrogen and oxygen atoms in total. The first-order chi connectivity index (χ1) is 9.90. The van der Waals surface area contributed by atoms with Gasteiger partial charge in [-0.1, -0.05) is 5.16 Å². The number of amides is 1. The van der Waals surface area contributed by atoms with Crippen LogP contribution < -0.4 is 0 Å². The van der Waals surface area contributed by atoms with Crippen LogP contribution in [0.4, 0.5) is 0 Å². The summed E-state index contributed by atoms with van der Waals surface area (Å²) in [4.78, 5) is 20.5. The Morgan fingerprint density at radius 1 is 1.43 bits per heavy atom. The van der Waals surface area contributed by atoms with Gasteiger partial charge >= 0.3 is 0 Å². The van der Waals surface area contributed by atoms with Crippen LogP contribution in [0.25, 0.3) is 0 Å². The number of likely N-dealkylation sites (N-methyl/N-ethyl adjacent to an activating group) is 1. The standard InChI is InChI=1S/C14H24N4O3/c1-9(2)17(5)14(19)10(3)18-6-7-20-12(8-18)13-15-11(4)21-16-13/h9-10,12H,6-8H2,1-5H3. The Hall–Kier alpha value is -1.47. The van der Waals surface area contributed by atoms with Gasteiger partial charge < -0.3 is 14.2 Å². The summed E-state index contributed by atoms with van der Waals surface area (Å²) in [7, 11) is 1.84. The molecule has 0 saturated carbocycles. The van der Waals surface area contributed by atoms with Crippen LogP contribution in [0.5, 0.6) is 0 Å². The zero-order valence-corrected chi connectivity index (χ0v) is 13.4. The second kappa shape index (κ2) is 6.53. The molecule has 1 aliphatic rings. The molecule has 0 radical (unpaired) electrons. The second-order valence-corrected chi connectivity index (χ2v) is 5.74. The number of morpholine rings is 1. The summed E-state index contributed by atoms with van der Waals surface area (Å²) in [6.07, 6.45) is -0.240. The van der Waals surface area contributed by atoms with E-state index < -0.39 is 0 Å². The average Bonchev–Trinajstić information content (AvgIpc) is 2.91. The summed E-state index contributed by atoms with van der Waals surface area (Å²) in [5.74, 6) is 1.19. The lowest BCUT2D eigenvalue weighted by atomic mass is 10.1. The van der Waals surface area contributed by atoms with E-state index in [2.05, 4.69) is 15.0 Å². The Kier molecular flexibility index (Phi) is 4.95. The van der Waals surface area contributed by atoms with Crippen molar-refractivity contribution in [2.75, 3.05) is 26.7 Å². The molecule has 1 aromatic heterocycles. The van der Waals surface area contributed by atoms with Gasteiger partial charge in [-0.15, -0.1) is 0 Å². The summed E-state index contributed by atoms with van der Waals surface area (Å²) in [5.41, 5.74) is 0. The highest BCUT2D eigenvalue weighted by atomic mass is 16.5. The Labute approximate surface area is 125 Å². The first-order valence-electron chi connectivity index (χ1n) is 7.32. The van der Waals surface area contributed by atoms with Gasteiger partial charge in [0.05, 0.1) is 12.6 Å². The van der Waals surface area contributed by atoms with Gasteiger partial charge in [0.15, 0.2) is 0 Å². The van der Waals surface area contributed by atoms with Gasteiger partial charge in [-0.05, 0) is 20.8 Å². The number of aromatic nitrogens is 2. The molecule has 0 aliphatic carbocycles. The van der Waals surface area contributed by atoms with E-state index >= 15 is 0 Å². The van der Waals surface area contributed by atoms with Crippen LogP contribution in [0.2, 0.25) is 0 Å². The fourth-order valence-electron chi connectivity index (χ4n) is 2.33. The molecular weight excluding hydrogens is 272 g/mol. The van der Waals surface area contributed by atoms with Crippen LogP contribution in [0.15, 0.2) is 4.52 Å². The third kappa shape index (κ3) is 3.59. The molecular formula is C14H24N4O3. The molecule has 1 saturated heterocycles. The first-order valence-corrected chi connectivity index (χ1v) is 7.32. The van der Waals surface area contributed by atoms with Gasteiger partial charge in [-0.25, -0.2) is 0 Å². The number of carbonyl (C=O) groups is 1. The van der Waals surface area contributed by atoms with Crippen molar-refractivity contribution < 1.29 is 14.1 Å². The highest BCUT2D eigenvalue weighted by Crippen LogP contribution is 2.21. The van der Waals surface area contributed by atoms with Gasteiger partial charge in [-0.2, -0.15) is 4.98 Å². The van der Waals surface area contributed by atoms with Crippen LogP contribution in [0, 0.1) is 6.92 Å². The Bertz CT molecular complexity index is 488. The van der Waals surface area contributed by atoms with Crippen molar-refractivity contribution in [3.05, 3.63) is 11.7 Å². The van der Waals surface area contributed by atoms with Crippen molar-refractivity contribution in [1.29, 1.82) is 0 Å². The van der Waals surface area contributed by atoms with E-state index in [1.807, 2.05) is 27.8 Å². The fourth-order valence-corrected chi connectivity index (χ4v) is 2.33. The SMILES string of the molecule is Cc1nc(C2CN(C(C)C(=O)N(C)C(C)C)CCO2)no1. The van der Waals surface area contributed by atoms with Crippen LogP contribution in [0.3, 0.4) is 0 Å². The van der Waals surface area contributed by atoms with Crippen molar-refractivity contribution in [2.45, 2.75) is 45.9 Å². The fraction of sp³-hybridized carbons (Fsp3) is 0.786. The summed E-state index contributed by atoms with van der Waals surface area (Å²) < 4.78 is 10.7. The first kappa shape index (κ1) is 15.9. The number of hydrogen-bond donors (Lipinski definition) is 0. The summed E-state index contributed by atoms with van der Waals surface area (Å²) >= 11 is 0. The molecule has 1 aromatic rings. The summed E-state index contributed by atoms with van der Waals surface area (Å²) in [6, 6.07) is 0.00782. The highest BCUT2D eigenvalue weighted by Gasteiger charge is 2.32. The molecule has 0 aromatic carbocycles. The quantitative estimate of drug-likeness (QED) is 0.825. The highest BCUT2D eigenvalue weighted by molar-refractivity contribution is 5.81. The minimum Gasteiger partial charge on any atom is -0.367 e. The van der Waals surface area contributed by atoms with Gasteiger partial charge in [0, 0.05) is 33.1 Å². The Morgan fingerprint density at radius 3 is 2.71 bits per heavy atom. The molecule has 2 unspecified atom stereocenters. The molecule has 1 fully saturated rings. The third-order valence-electron chi connectivity index (χ3n) is 3.96. The Balaban J connectivity index is 2.02. The van der Waals surface area contributed by atoms with E-state index in [0.29, 0.717) is 24.9 Å². The largest absolute Gasteiger partial charge is 0.367 e. The van der Waals surface area contributed by atoms with E-state index in [0.717, 1.165) is 6.54 Å². The third-order valence-corrected chi connectivity index (χ3v) is 3.96. The van der Waals surface area contributed by atoms with Crippen molar-refractivity contribution in [3.63, 3.8) is 0 Å². The molecule has 0 spiro atoms. The van der Waals surface area contributed by atoms with Gasteiger partial charge in [0.1, 0.15) is 6.10 Å². The minimum atomic E-state index is -0.240. The molecule has 1 amide bonds. The van der Waals surface area contributed by atoms with Gasteiger partial charge in [0.2, 0.25) is 17.6 Å². The molecule has 118 valence electrons. The lowest BCUT2D eigenvalue weighted by Crippen LogP contribution is -2.52. The number of nitrogens with zero attached hydrogens (tertiary/aromatic N) is 4. The number of ether oxygens (including phenoxy) is 1. The molecule has 2 rings (SSSR count).